The molecule has 14 aromatic rings. The molecule has 0 unspecified atom stereocenters. The number of rotatable bonds is 7. The fourth-order valence-corrected chi connectivity index (χ4v) is 10.3. The first kappa shape index (κ1) is 38.8. The van der Waals surface area contributed by atoms with Gasteiger partial charge < -0.3 is 13.4 Å². The Balaban J connectivity index is 0.863. The Bertz CT molecular complexity index is 4320. The third kappa shape index (κ3) is 6.45. The summed E-state index contributed by atoms with van der Waals surface area (Å²) < 4.78 is 15.2. The number of nitrogens with zero attached hydrogens (tertiary/aromatic N) is 4. The lowest BCUT2D eigenvalue weighted by atomic mass is 9.95. The number of hydrogen-bond donors (Lipinski definition) is 0. The van der Waals surface area contributed by atoms with Gasteiger partial charge in [0.1, 0.15) is 22.3 Å². The molecule has 10 aromatic carbocycles. The smallest absolute Gasteiger partial charge is 0.164 e. The first-order chi connectivity index (χ1) is 34.2. The average Bonchev–Trinajstić information content (AvgIpc) is 4.11. The summed E-state index contributed by atoms with van der Waals surface area (Å²) in [5, 5.41) is 6.40. The van der Waals surface area contributed by atoms with E-state index in [-0.39, 0.29) is 0 Å². The van der Waals surface area contributed by atoms with Gasteiger partial charge in [0.15, 0.2) is 17.5 Å². The van der Waals surface area contributed by atoms with Crippen molar-refractivity contribution in [1.29, 1.82) is 0 Å². The van der Waals surface area contributed by atoms with Crippen molar-refractivity contribution in [2.24, 2.45) is 0 Å². The Morgan fingerprint density at radius 3 is 1.39 bits per heavy atom. The Labute approximate surface area is 396 Å². The van der Waals surface area contributed by atoms with Gasteiger partial charge in [0.05, 0.1) is 11.0 Å². The van der Waals surface area contributed by atoms with Gasteiger partial charge in [-0.3, -0.25) is 0 Å². The maximum atomic E-state index is 6.57. The molecule has 0 aliphatic carbocycles. The van der Waals surface area contributed by atoms with Gasteiger partial charge in [-0.2, -0.15) is 0 Å². The van der Waals surface area contributed by atoms with Crippen LogP contribution in [0.4, 0.5) is 0 Å². The molecule has 4 heterocycles. The van der Waals surface area contributed by atoms with Crippen LogP contribution in [0.1, 0.15) is 0 Å². The second kappa shape index (κ2) is 15.6. The number of fused-ring (bicyclic) bond motifs is 9. The quantitative estimate of drug-likeness (QED) is 0.159. The summed E-state index contributed by atoms with van der Waals surface area (Å²) in [5.41, 5.74) is 16.2. The van der Waals surface area contributed by atoms with E-state index in [9.17, 15) is 0 Å². The van der Waals surface area contributed by atoms with Gasteiger partial charge in [0.2, 0.25) is 0 Å². The van der Waals surface area contributed by atoms with Crippen molar-refractivity contribution in [3.63, 3.8) is 0 Å². The van der Waals surface area contributed by atoms with Crippen LogP contribution in [-0.4, -0.2) is 19.5 Å². The van der Waals surface area contributed by atoms with E-state index < -0.39 is 0 Å². The standard InChI is InChI=1S/C63H38N4O2/c1-3-15-39(16-4-1)61-64-62(49-25-13-29-57-59(49)48-24-8-10-28-55(48)68-57)66-63(65-61)50-26-14-30-58-60(50)52-38-45(32-34-56(52)69-58)43-20-12-18-41(36-43)40-17-11-19-42(35-40)44-31-33-54-51(37-44)47-23-7-9-27-53(47)67(54)46-21-5-2-6-22-46/h1-38H. The van der Waals surface area contributed by atoms with Crippen LogP contribution in [0.3, 0.4) is 0 Å². The summed E-state index contributed by atoms with van der Waals surface area (Å²) in [6.45, 7) is 0. The van der Waals surface area contributed by atoms with Gasteiger partial charge in [-0.25, -0.2) is 15.0 Å². The molecular weight excluding hydrogens is 845 g/mol. The minimum atomic E-state index is 0.560. The molecule has 0 bridgehead atoms. The second-order valence-corrected chi connectivity index (χ2v) is 17.5. The third-order valence-electron chi connectivity index (χ3n) is 13.5. The molecule has 0 saturated heterocycles. The van der Waals surface area contributed by atoms with Gasteiger partial charge in [-0.05, 0) is 106 Å². The fraction of sp³-hybridized carbons (Fsp3) is 0. The largest absolute Gasteiger partial charge is 0.456 e. The van der Waals surface area contributed by atoms with Crippen LogP contribution in [0.25, 0.3) is 139 Å². The molecule has 0 saturated carbocycles. The van der Waals surface area contributed by atoms with Crippen LogP contribution in [0.15, 0.2) is 239 Å². The first-order valence-corrected chi connectivity index (χ1v) is 23.2. The monoisotopic (exact) mass is 882 g/mol. The highest BCUT2D eigenvalue weighted by atomic mass is 16.3. The van der Waals surface area contributed by atoms with Gasteiger partial charge in [-0.15, -0.1) is 0 Å². The molecule has 0 atom stereocenters. The minimum absolute atomic E-state index is 0.560. The molecular formula is C63H38N4O2. The molecule has 6 nitrogen and oxygen atoms in total. The second-order valence-electron chi connectivity index (χ2n) is 17.5. The van der Waals surface area contributed by atoms with Crippen molar-refractivity contribution in [2.75, 3.05) is 0 Å². The van der Waals surface area contributed by atoms with Crippen LogP contribution in [0, 0.1) is 0 Å². The number of hydrogen-bond acceptors (Lipinski definition) is 5. The van der Waals surface area contributed by atoms with Crippen molar-refractivity contribution in [2.45, 2.75) is 0 Å². The Morgan fingerprint density at radius 1 is 0.275 bits per heavy atom. The molecule has 69 heavy (non-hydrogen) atoms. The lowest BCUT2D eigenvalue weighted by Gasteiger charge is -2.10. The number of furan rings is 2. The minimum Gasteiger partial charge on any atom is -0.456 e. The van der Waals surface area contributed by atoms with E-state index in [1.807, 2.05) is 72.8 Å². The van der Waals surface area contributed by atoms with E-state index in [1.165, 1.54) is 32.9 Å². The number of para-hydroxylation sites is 3. The lowest BCUT2D eigenvalue weighted by Crippen LogP contribution is -2.00. The van der Waals surface area contributed by atoms with Gasteiger partial charge >= 0.3 is 0 Å². The van der Waals surface area contributed by atoms with Gasteiger partial charge in [0, 0.05) is 54.7 Å². The molecule has 0 fully saturated rings. The van der Waals surface area contributed by atoms with Crippen molar-refractivity contribution >= 4 is 65.7 Å². The van der Waals surface area contributed by atoms with Gasteiger partial charge in [-0.1, -0.05) is 158 Å². The van der Waals surface area contributed by atoms with Crippen LogP contribution in [0.2, 0.25) is 0 Å². The summed E-state index contributed by atoms with van der Waals surface area (Å²) in [7, 11) is 0. The highest BCUT2D eigenvalue weighted by Gasteiger charge is 2.21. The van der Waals surface area contributed by atoms with E-state index in [1.54, 1.807) is 0 Å². The van der Waals surface area contributed by atoms with E-state index >= 15 is 0 Å². The first-order valence-electron chi connectivity index (χ1n) is 23.2. The fourth-order valence-electron chi connectivity index (χ4n) is 10.3. The lowest BCUT2D eigenvalue weighted by molar-refractivity contribution is 0.668. The van der Waals surface area contributed by atoms with Crippen molar-refractivity contribution in [3.8, 4) is 73.2 Å². The Kier molecular flexibility index (Phi) is 8.79. The topological polar surface area (TPSA) is 69.9 Å². The third-order valence-corrected chi connectivity index (χ3v) is 13.5. The van der Waals surface area contributed by atoms with Crippen molar-refractivity contribution in [3.05, 3.63) is 231 Å². The van der Waals surface area contributed by atoms with Crippen LogP contribution in [0.5, 0.6) is 0 Å². The zero-order chi connectivity index (χ0) is 45.4. The molecule has 0 N–H and O–H groups in total. The molecule has 0 aliphatic heterocycles. The highest BCUT2D eigenvalue weighted by Crippen LogP contribution is 2.42. The normalized spacial score (nSPS) is 11.8. The molecule has 6 heteroatoms. The maximum Gasteiger partial charge on any atom is 0.164 e. The average molecular weight is 883 g/mol. The molecule has 0 spiro atoms. The Hall–Kier alpha value is -9.39. The predicted molar refractivity (Wildman–Crippen MR) is 281 cm³/mol. The zero-order valence-electron chi connectivity index (χ0n) is 37.0. The van der Waals surface area contributed by atoms with Crippen molar-refractivity contribution in [1.82, 2.24) is 19.5 Å². The van der Waals surface area contributed by atoms with Crippen LogP contribution in [-0.2, 0) is 0 Å². The van der Waals surface area contributed by atoms with Crippen LogP contribution < -0.4 is 0 Å². The predicted octanol–water partition coefficient (Wildman–Crippen LogP) is 16.8. The van der Waals surface area contributed by atoms with E-state index in [0.717, 1.165) is 88.5 Å². The molecule has 0 radical (unpaired) electrons. The molecule has 322 valence electrons. The zero-order valence-corrected chi connectivity index (χ0v) is 37.0. The van der Waals surface area contributed by atoms with E-state index in [0.29, 0.717) is 17.5 Å². The van der Waals surface area contributed by atoms with E-state index in [2.05, 4.69) is 162 Å². The highest BCUT2D eigenvalue weighted by molar-refractivity contribution is 6.14. The van der Waals surface area contributed by atoms with Gasteiger partial charge in [0.25, 0.3) is 0 Å². The Morgan fingerprint density at radius 2 is 0.725 bits per heavy atom. The molecule has 14 rings (SSSR count). The maximum absolute atomic E-state index is 6.57. The summed E-state index contributed by atoms with van der Waals surface area (Å²) in [6, 6.07) is 80.6. The van der Waals surface area contributed by atoms with Crippen molar-refractivity contribution < 1.29 is 8.83 Å². The molecule has 4 aromatic heterocycles. The van der Waals surface area contributed by atoms with Crippen LogP contribution >= 0.6 is 0 Å². The van der Waals surface area contributed by atoms with E-state index in [4.69, 9.17) is 23.8 Å². The molecule has 0 aliphatic rings. The number of benzene rings is 10. The summed E-state index contributed by atoms with van der Waals surface area (Å²) >= 11 is 0. The number of aromatic nitrogens is 4. The molecule has 0 amide bonds. The summed E-state index contributed by atoms with van der Waals surface area (Å²) in [4.78, 5) is 15.6. The summed E-state index contributed by atoms with van der Waals surface area (Å²) in [6.07, 6.45) is 0. The SMILES string of the molecule is c1ccc(-c2nc(-c3cccc4oc5ccccc5c34)nc(-c3cccc4oc5ccc(-c6cccc(-c7cccc(-c8ccc9c(c8)c8ccccc8n9-c8ccccc8)c7)c6)cc5c34)n2)cc1. The summed E-state index contributed by atoms with van der Waals surface area (Å²) in [5.74, 6) is 1.71.